The molecular formula is C34H44ClN5O4. The van der Waals surface area contributed by atoms with Crippen molar-refractivity contribution in [2.24, 2.45) is 5.92 Å². The number of rotatable bonds is 10. The highest BCUT2D eigenvalue weighted by Crippen LogP contribution is 2.32. The predicted molar refractivity (Wildman–Crippen MR) is 170 cm³/mol. The molecule has 1 saturated carbocycles. The lowest BCUT2D eigenvalue weighted by atomic mass is 9.83. The monoisotopic (exact) mass is 621 g/mol. The predicted octanol–water partition coefficient (Wildman–Crippen LogP) is 3.31. The Hall–Kier alpha value is -3.43. The van der Waals surface area contributed by atoms with Crippen LogP contribution in [-0.2, 0) is 32.0 Å². The molecule has 2 heterocycles. The third-order valence-corrected chi connectivity index (χ3v) is 9.73. The highest BCUT2D eigenvalue weighted by Gasteiger charge is 2.52. The average Bonchev–Trinajstić information content (AvgIpc) is 3.36. The highest BCUT2D eigenvalue weighted by atomic mass is 35.5. The lowest BCUT2D eigenvalue weighted by Crippen LogP contribution is -2.66. The Morgan fingerprint density at radius 3 is 2.43 bits per heavy atom. The van der Waals surface area contributed by atoms with Gasteiger partial charge in [0.15, 0.2) is 0 Å². The van der Waals surface area contributed by atoms with Crippen molar-refractivity contribution in [1.29, 1.82) is 0 Å². The van der Waals surface area contributed by atoms with Crippen LogP contribution in [0.4, 0.5) is 0 Å². The van der Waals surface area contributed by atoms with E-state index in [2.05, 4.69) is 10.6 Å². The number of carbonyl (C=O) groups is 4. The molecule has 44 heavy (non-hydrogen) atoms. The fourth-order valence-corrected chi connectivity index (χ4v) is 7.00. The van der Waals surface area contributed by atoms with E-state index in [1.165, 1.54) is 0 Å². The molecule has 2 aromatic carbocycles. The lowest BCUT2D eigenvalue weighted by Gasteiger charge is -2.45. The number of halogens is 1. The molecule has 4 amide bonds. The maximum absolute atomic E-state index is 14.4. The van der Waals surface area contributed by atoms with Crippen molar-refractivity contribution < 1.29 is 19.2 Å². The van der Waals surface area contributed by atoms with E-state index in [4.69, 9.17) is 11.6 Å². The summed E-state index contributed by atoms with van der Waals surface area (Å²) in [7, 11) is 1.71. The first-order valence-corrected chi connectivity index (χ1v) is 16.2. The van der Waals surface area contributed by atoms with Gasteiger partial charge >= 0.3 is 0 Å². The van der Waals surface area contributed by atoms with Gasteiger partial charge in [-0.3, -0.25) is 19.2 Å². The Morgan fingerprint density at radius 2 is 1.75 bits per heavy atom. The molecule has 0 unspecified atom stereocenters. The largest absolute Gasteiger partial charge is 0.343 e. The van der Waals surface area contributed by atoms with E-state index < -0.39 is 24.3 Å². The summed E-state index contributed by atoms with van der Waals surface area (Å²) in [5.74, 6) is -0.835. The summed E-state index contributed by atoms with van der Waals surface area (Å²) in [6.45, 7) is 4.32. The molecule has 236 valence electrons. The van der Waals surface area contributed by atoms with Crippen LogP contribution in [0.25, 0.3) is 0 Å². The van der Waals surface area contributed by atoms with Crippen LogP contribution in [0.15, 0.2) is 48.5 Å². The van der Waals surface area contributed by atoms with E-state index >= 15 is 0 Å². The zero-order valence-electron chi connectivity index (χ0n) is 25.9. The fraction of sp³-hybridized carbons (Fsp3) is 0.529. The Balaban J connectivity index is 1.44. The first-order chi connectivity index (χ1) is 21.2. The summed E-state index contributed by atoms with van der Waals surface area (Å²) in [5.41, 5.74) is 3.08. The van der Waals surface area contributed by atoms with Gasteiger partial charge in [0, 0.05) is 18.0 Å². The number of carbonyl (C=O) groups excluding carboxylic acids is 4. The van der Waals surface area contributed by atoms with Crippen molar-refractivity contribution in [2.45, 2.75) is 83.1 Å². The van der Waals surface area contributed by atoms with E-state index in [-0.39, 0.29) is 42.6 Å². The molecule has 5 rings (SSSR count). The standard InChI is InChI=1S/C34H44ClN5O4/c1-22-12-14-25(15-13-22)19-28-33(43)38(17-16-24-8-7-11-27(35)18-24)20-29-39(21-30(41)40(28)29)34(44)31(26-9-5-4-6-10-26)37-32(42)23(2)36-3/h7-8,11-15,18,23,26,28-29,31,36H,4-6,9-10,16-17,19-21H2,1-3H3,(H,37,42)/t23-,28-,29+,31-/m0/s1. The molecule has 0 spiro atoms. The minimum Gasteiger partial charge on any atom is -0.343 e. The molecule has 3 aliphatic rings. The fourth-order valence-electron chi connectivity index (χ4n) is 6.79. The number of hydrogen-bond acceptors (Lipinski definition) is 5. The molecule has 4 atom stereocenters. The molecule has 2 aliphatic heterocycles. The van der Waals surface area contributed by atoms with Gasteiger partial charge in [-0.1, -0.05) is 72.8 Å². The number of nitrogens with zero attached hydrogens (tertiary/aromatic N) is 3. The van der Waals surface area contributed by atoms with Gasteiger partial charge in [0.05, 0.1) is 12.6 Å². The van der Waals surface area contributed by atoms with Crippen molar-refractivity contribution in [3.63, 3.8) is 0 Å². The van der Waals surface area contributed by atoms with Gasteiger partial charge in [0.25, 0.3) is 0 Å². The third-order valence-electron chi connectivity index (χ3n) is 9.49. The van der Waals surface area contributed by atoms with E-state index in [1.807, 2.05) is 55.5 Å². The second kappa shape index (κ2) is 14.1. The van der Waals surface area contributed by atoms with Crippen LogP contribution in [0, 0.1) is 12.8 Å². The van der Waals surface area contributed by atoms with Crippen LogP contribution in [0.1, 0.15) is 55.7 Å². The Kier molecular flexibility index (Phi) is 10.3. The Morgan fingerprint density at radius 1 is 1.02 bits per heavy atom. The number of hydrogen-bond donors (Lipinski definition) is 2. The van der Waals surface area contributed by atoms with Gasteiger partial charge in [-0.05, 0) is 69.3 Å². The van der Waals surface area contributed by atoms with Gasteiger partial charge < -0.3 is 25.3 Å². The van der Waals surface area contributed by atoms with Crippen molar-refractivity contribution in [2.75, 3.05) is 26.7 Å². The average molecular weight is 622 g/mol. The van der Waals surface area contributed by atoms with Gasteiger partial charge in [-0.15, -0.1) is 0 Å². The maximum atomic E-state index is 14.4. The van der Waals surface area contributed by atoms with Crippen LogP contribution in [0.5, 0.6) is 0 Å². The van der Waals surface area contributed by atoms with Crippen LogP contribution in [0.2, 0.25) is 5.02 Å². The summed E-state index contributed by atoms with van der Waals surface area (Å²) in [6.07, 6.45) is 5.17. The number of aryl methyl sites for hydroxylation is 1. The van der Waals surface area contributed by atoms with E-state index in [1.54, 1.807) is 28.7 Å². The summed E-state index contributed by atoms with van der Waals surface area (Å²) < 4.78 is 0. The number of benzene rings is 2. The van der Waals surface area contributed by atoms with Crippen LogP contribution >= 0.6 is 11.6 Å². The summed E-state index contributed by atoms with van der Waals surface area (Å²) in [6, 6.07) is 13.7. The molecule has 0 radical (unpaired) electrons. The van der Waals surface area contributed by atoms with Crippen molar-refractivity contribution >= 4 is 35.2 Å². The Bertz CT molecular complexity index is 1360. The van der Waals surface area contributed by atoms with Crippen LogP contribution in [-0.4, -0.2) is 89.3 Å². The normalized spacial score (nSPS) is 22.1. The number of fused-ring (bicyclic) bond motifs is 1. The zero-order valence-corrected chi connectivity index (χ0v) is 26.7. The number of nitrogens with one attached hydrogen (secondary N) is 2. The van der Waals surface area contributed by atoms with E-state index in [0.717, 1.165) is 48.8 Å². The topological polar surface area (TPSA) is 102 Å². The molecule has 9 nitrogen and oxygen atoms in total. The minimum absolute atomic E-state index is 0.000850. The minimum atomic E-state index is -0.729. The van der Waals surface area contributed by atoms with Crippen molar-refractivity contribution in [3.05, 3.63) is 70.2 Å². The number of piperazine rings is 1. The first kappa shape index (κ1) is 32.0. The number of likely N-dealkylation sites (N-methyl/N-ethyl adjacent to an activating group) is 1. The first-order valence-electron chi connectivity index (χ1n) is 15.8. The van der Waals surface area contributed by atoms with Crippen LogP contribution < -0.4 is 10.6 Å². The van der Waals surface area contributed by atoms with Gasteiger partial charge in [-0.2, -0.15) is 0 Å². The molecule has 1 aliphatic carbocycles. The van der Waals surface area contributed by atoms with E-state index in [9.17, 15) is 19.2 Å². The molecular weight excluding hydrogens is 578 g/mol. The zero-order chi connectivity index (χ0) is 31.4. The molecule has 2 saturated heterocycles. The summed E-state index contributed by atoms with van der Waals surface area (Å²) in [5, 5.41) is 6.63. The van der Waals surface area contributed by atoms with Gasteiger partial charge in [0.1, 0.15) is 24.8 Å². The third kappa shape index (κ3) is 7.10. The smallest absolute Gasteiger partial charge is 0.247 e. The lowest BCUT2D eigenvalue weighted by molar-refractivity contribution is -0.156. The molecule has 0 bridgehead atoms. The molecule has 2 aromatic rings. The van der Waals surface area contributed by atoms with Crippen molar-refractivity contribution in [3.8, 4) is 0 Å². The quantitative estimate of drug-likeness (QED) is 0.424. The van der Waals surface area contributed by atoms with Crippen LogP contribution in [0.3, 0.4) is 0 Å². The second-order valence-electron chi connectivity index (χ2n) is 12.5. The molecule has 10 heteroatoms. The summed E-state index contributed by atoms with van der Waals surface area (Å²) in [4.78, 5) is 60.2. The molecule has 0 aromatic heterocycles. The maximum Gasteiger partial charge on any atom is 0.247 e. The van der Waals surface area contributed by atoms with Gasteiger partial charge in [0.2, 0.25) is 23.6 Å². The van der Waals surface area contributed by atoms with Crippen molar-refractivity contribution in [1.82, 2.24) is 25.3 Å². The second-order valence-corrected chi connectivity index (χ2v) is 12.9. The van der Waals surface area contributed by atoms with Gasteiger partial charge in [-0.25, -0.2) is 0 Å². The summed E-state index contributed by atoms with van der Waals surface area (Å²) >= 11 is 6.22. The highest BCUT2D eigenvalue weighted by molar-refractivity contribution is 6.30. The molecule has 2 N–H and O–H groups in total. The molecule has 3 fully saturated rings. The van der Waals surface area contributed by atoms with E-state index in [0.29, 0.717) is 24.4 Å². The SMILES string of the molecule is CN[C@@H](C)C(=O)N[C@H](C(=O)N1CC(=O)N2[C@@H]1CN(CCc1cccc(Cl)c1)C(=O)[C@@H]2Cc1ccc(C)cc1)C1CCCCC1. The number of amides is 4. The Labute approximate surface area is 265 Å².